The zero-order valence-corrected chi connectivity index (χ0v) is 16.7. The molecule has 1 fully saturated rings. The standard InChI is InChI=1S/C6H12N.C6H7.4CH3.H2Si.Ti/c7-6-4-2-1-3-5-6;1-6-4-2-3-5-6;;;;;;/h6-7H,1-5H2;2,4H,3H2,1H3;4*1H3;1H2;/q6*-1;;. The van der Waals surface area contributed by atoms with Crippen LogP contribution >= 0.6 is 0 Å². The van der Waals surface area contributed by atoms with Gasteiger partial charge >= 0.3 is 26.8 Å². The van der Waals surface area contributed by atoms with E-state index in [-0.39, 0.29) is 35.7 Å². The van der Waals surface area contributed by atoms with Crippen LogP contribution in [-0.2, 0) is 19.2 Å². The third-order valence-corrected chi connectivity index (χ3v) is 2.47. The van der Waals surface area contributed by atoms with E-state index in [4.69, 9.17) is 5.73 Å². The summed E-state index contributed by atoms with van der Waals surface area (Å²) in [6.45, 7) is 2.06. The third-order valence-electron chi connectivity index (χ3n) is 2.47. The van der Waals surface area contributed by atoms with E-state index < -0.39 is 0 Å². The summed E-state index contributed by atoms with van der Waals surface area (Å²) >= 11 is 2.03. The summed E-state index contributed by atoms with van der Waals surface area (Å²) in [4.78, 5) is 0. The molecule has 1 N–H and O–H groups in total. The number of hydrogen-bond acceptors (Lipinski definition) is 0. The maximum absolute atomic E-state index is 7.27. The van der Waals surface area contributed by atoms with Crippen LogP contribution in [0.5, 0.6) is 0 Å². The first-order valence-electron chi connectivity index (χ1n) is 5.59. The predicted molar refractivity (Wildman–Crippen MR) is 91.6 cm³/mol. The minimum absolute atomic E-state index is 0. The van der Waals surface area contributed by atoms with Gasteiger partial charge in [0, 0.05) is 0 Å². The fourth-order valence-electron chi connectivity index (χ4n) is 1.62. The molecule has 0 heterocycles. The first-order chi connectivity index (χ1) is 7.29. The van der Waals surface area contributed by atoms with Gasteiger partial charge in [-0.05, 0) is 0 Å². The van der Waals surface area contributed by atoms with E-state index in [9.17, 15) is 0 Å². The normalized spacial score (nSPS) is 15.3. The molecule has 0 unspecified atom stereocenters. The maximum atomic E-state index is 7.27. The van der Waals surface area contributed by atoms with Crippen molar-refractivity contribution >= 4 is 7.63 Å². The van der Waals surface area contributed by atoms with E-state index in [1.54, 1.807) is 0 Å². The molecule has 0 radical (unpaired) electrons. The molecule has 2 aliphatic rings. The molecular formula is C16H33NSiTi-6. The zero-order chi connectivity index (χ0) is 11.5. The second-order valence-electron chi connectivity index (χ2n) is 3.80. The fraction of sp³-hybridized carbons (Fsp3) is 0.500. The van der Waals surface area contributed by atoms with Crippen molar-refractivity contribution in [2.45, 2.75) is 51.5 Å². The van der Waals surface area contributed by atoms with Crippen LogP contribution in [0, 0.1) is 35.8 Å². The van der Waals surface area contributed by atoms with E-state index in [1.807, 2.05) is 26.8 Å². The quantitative estimate of drug-likeness (QED) is 0.446. The summed E-state index contributed by atoms with van der Waals surface area (Å²) in [5.74, 6) is 0. The molecule has 1 saturated carbocycles. The molecule has 0 aromatic rings. The Morgan fingerprint density at radius 2 is 1.58 bits per heavy atom. The number of rotatable bonds is 0. The first-order valence-corrected chi connectivity index (χ1v) is 9.61. The van der Waals surface area contributed by atoms with Gasteiger partial charge in [-0.15, -0.1) is 12.5 Å². The van der Waals surface area contributed by atoms with Crippen molar-refractivity contribution in [3.05, 3.63) is 59.2 Å². The Morgan fingerprint density at radius 3 is 1.74 bits per heavy atom. The Morgan fingerprint density at radius 1 is 1.11 bits per heavy atom. The van der Waals surface area contributed by atoms with Crippen molar-refractivity contribution < 1.29 is 19.2 Å². The third kappa shape index (κ3) is 20.8. The van der Waals surface area contributed by atoms with Gasteiger partial charge in [0.2, 0.25) is 0 Å². The summed E-state index contributed by atoms with van der Waals surface area (Å²) in [7, 11) is 1.86. The first kappa shape index (κ1) is 31.7. The Labute approximate surface area is 137 Å². The van der Waals surface area contributed by atoms with Gasteiger partial charge in [0.1, 0.15) is 0 Å². The van der Waals surface area contributed by atoms with Crippen molar-refractivity contribution in [1.29, 1.82) is 0 Å². The second kappa shape index (κ2) is 23.5. The molecule has 0 aromatic heterocycles. The Bertz CT molecular complexity index is 206. The Kier molecular flexibility index (Phi) is 39.1. The van der Waals surface area contributed by atoms with E-state index in [1.165, 1.54) is 24.8 Å². The van der Waals surface area contributed by atoms with Crippen molar-refractivity contribution in [3.63, 3.8) is 0 Å². The van der Waals surface area contributed by atoms with Gasteiger partial charge in [0.05, 0.1) is 0 Å². The van der Waals surface area contributed by atoms with Gasteiger partial charge in [-0.3, -0.25) is 6.08 Å². The number of hydrogen-bond donors (Lipinski definition) is 0. The molecule has 0 amide bonds. The summed E-state index contributed by atoms with van der Waals surface area (Å²) in [5.41, 5.74) is 8.55. The van der Waals surface area contributed by atoms with Crippen LogP contribution in [0.15, 0.2) is 17.7 Å². The van der Waals surface area contributed by atoms with Gasteiger partial charge in [-0.1, -0.05) is 39.0 Å². The van der Waals surface area contributed by atoms with Crippen molar-refractivity contribution in [1.82, 2.24) is 0 Å². The Hall–Kier alpha value is 0.371. The molecule has 0 aromatic carbocycles. The van der Waals surface area contributed by atoms with Crippen LogP contribution in [0.4, 0.5) is 0 Å². The van der Waals surface area contributed by atoms with Crippen LogP contribution in [0.2, 0.25) is 0 Å². The summed E-state index contributed by atoms with van der Waals surface area (Å²) in [6, 6.07) is 0.286. The number of nitrogens with one attached hydrogen (secondary N) is 1. The molecule has 0 bridgehead atoms. The van der Waals surface area contributed by atoms with E-state index in [0.717, 1.165) is 19.3 Å². The molecule has 1 nitrogen and oxygen atoms in total. The predicted octanol–water partition coefficient (Wildman–Crippen LogP) is 4.95. The van der Waals surface area contributed by atoms with Crippen LogP contribution in [-0.4, -0.2) is 13.7 Å². The van der Waals surface area contributed by atoms with Crippen LogP contribution in [0.1, 0.15) is 45.4 Å². The summed E-state index contributed by atoms with van der Waals surface area (Å²) in [6.07, 6.45) is 14.6. The summed E-state index contributed by atoms with van der Waals surface area (Å²) < 4.78 is 0. The van der Waals surface area contributed by atoms with Crippen molar-refractivity contribution in [3.8, 4) is 0 Å². The minimum atomic E-state index is 0. The topological polar surface area (TPSA) is 23.8 Å². The fourth-order valence-corrected chi connectivity index (χ4v) is 1.62. The van der Waals surface area contributed by atoms with Gasteiger partial charge in [-0.25, -0.2) is 11.6 Å². The molecule has 19 heavy (non-hydrogen) atoms. The summed E-state index contributed by atoms with van der Waals surface area (Å²) in [5, 5.41) is 0. The molecule has 0 spiro atoms. The Balaban J connectivity index is -0.0000000515. The van der Waals surface area contributed by atoms with Gasteiger partial charge in [-0.2, -0.15) is 6.08 Å². The van der Waals surface area contributed by atoms with Crippen LogP contribution in [0.25, 0.3) is 5.73 Å². The van der Waals surface area contributed by atoms with Gasteiger partial charge < -0.3 is 35.4 Å². The zero-order valence-electron chi connectivity index (χ0n) is 13.7. The second-order valence-corrected chi connectivity index (χ2v) is 3.80. The van der Waals surface area contributed by atoms with Crippen molar-refractivity contribution in [2.24, 2.45) is 0 Å². The van der Waals surface area contributed by atoms with Crippen LogP contribution in [0.3, 0.4) is 0 Å². The molecule has 2 aliphatic carbocycles. The van der Waals surface area contributed by atoms with E-state index >= 15 is 0 Å². The molecule has 3 heteroatoms. The number of allylic oxidation sites excluding steroid dienone is 4. The van der Waals surface area contributed by atoms with E-state index in [2.05, 4.69) is 25.2 Å². The van der Waals surface area contributed by atoms with Gasteiger partial charge in [0.15, 0.2) is 0 Å². The SMILES string of the molecule is CC1=[C-]CC=C1.[CH3-].[CH3-].[CH3-].[CH3-].[NH-]C1CCCCC1.[SiH2]=[Ti]. The molecule has 0 atom stereocenters. The monoisotopic (exact) mass is 315 g/mol. The average Bonchev–Trinajstić information content (AvgIpc) is 2.74. The molecular weight excluding hydrogens is 282 g/mol. The van der Waals surface area contributed by atoms with E-state index in [0.29, 0.717) is 0 Å². The molecule has 0 aliphatic heterocycles. The molecule has 116 valence electrons. The molecule has 2 rings (SSSR count). The molecule has 0 saturated heterocycles. The van der Waals surface area contributed by atoms with Crippen LogP contribution < -0.4 is 0 Å². The van der Waals surface area contributed by atoms with Crippen molar-refractivity contribution in [2.75, 3.05) is 0 Å². The average molecular weight is 315 g/mol. The van der Waals surface area contributed by atoms with Gasteiger partial charge in [0.25, 0.3) is 0 Å².